The smallest absolute Gasteiger partial charge is 0.326 e. The second-order valence-electron chi connectivity index (χ2n) is 6.71. The number of carboxylic acid groups (broad SMARTS) is 2. The predicted octanol–water partition coefficient (Wildman–Crippen LogP) is -0.0473. The molecule has 1 unspecified atom stereocenters. The van der Waals surface area contributed by atoms with E-state index in [2.05, 4.69) is 30.6 Å². The van der Waals surface area contributed by atoms with Crippen LogP contribution in [0.1, 0.15) is 28.9 Å². The molecular formula is C19H19AuN7O6. The Hall–Kier alpha value is -3.81. The van der Waals surface area contributed by atoms with E-state index in [1.165, 1.54) is 18.3 Å². The van der Waals surface area contributed by atoms with Crippen LogP contribution in [0.25, 0.3) is 11.2 Å². The molecule has 0 saturated carbocycles. The van der Waals surface area contributed by atoms with E-state index in [-0.39, 0.29) is 64.4 Å². The van der Waals surface area contributed by atoms with Crippen LogP contribution >= 0.6 is 0 Å². The minimum Gasteiger partial charge on any atom is -0.481 e. The van der Waals surface area contributed by atoms with Gasteiger partial charge in [0.15, 0.2) is 11.2 Å². The topological polar surface area (TPSA) is 213 Å². The number of hydrogen-bond acceptors (Lipinski definition) is 9. The monoisotopic (exact) mass is 638 g/mol. The van der Waals surface area contributed by atoms with Crippen molar-refractivity contribution in [2.75, 3.05) is 11.1 Å². The molecule has 13 nitrogen and oxygen atoms in total. The molecule has 2 heterocycles. The Balaban J connectivity index is 0.00000385. The van der Waals surface area contributed by atoms with E-state index >= 15 is 0 Å². The van der Waals surface area contributed by atoms with Crippen molar-refractivity contribution in [1.29, 1.82) is 0 Å². The normalized spacial score (nSPS) is 11.3. The molecule has 2 aromatic heterocycles. The second kappa shape index (κ2) is 11.2. The number of fused-ring (bicyclic) bond motifs is 1. The number of aromatic amines is 1. The van der Waals surface area contributed by atoms with Gasteiger partial charge in [0.25, 0.3) is 11.5 Å². The van der Waals surface area contributed by atoms with Crippen LogP contribution in [0.5, 0.6) is 0 Å². The van der Waals surface area contributed by atoms with Crippen LogP contribution in [0.4, 0.5) is 11.6 Å². The summed E-state index contributed by atoms with van der Waals surface area (Å²) in [7, 11) is 0. The van der Waals surface area contributed by atoms with Gasteiger partial charge in [0, 0.05) is 40.1 Å². The van der Waals surface area contributed by atoms with Gasteiger partial charge in [0.1, 0.15) is 6.04 Å². The largest absolute Gasteiger partial charge is 0.481 e. The second-order valence-corrected chi connectivity index (χ2v) is 6.71. The number of rotatable bonds is 9. The molecule has 0 aliphatic carbocycles. The number of nitrogens with zero attached hydrogens (tertiary/aromatic N) is 3. The Morgan fingerprint density at radius 3 is 2.45 bits per heavy atom. The molecule has 1 aromatic carbocycles. The van der Waals surface area contributed by atoms with Crippen molar-refractivity contribution >= 4 is 40.6 Å². The molecule has 33 heavy (non-hydrogen) atoms. The Labute approximate surface area is 201 Å². The molecule has 0 spiro atoms. The van der Waals surface area contributed by atoms with E-state index in [1.807, 2.05) is 0 Å². The van der Waals surface area contributed by atoms with Crippen LogP contribution < -0.4 is 21.9 Å². The van der Waals surface area contributed by atoms with Gasteiger partial charge in [-0.15, -0.1) is 0 Å². The van der Waals surface area contributed by atoms with Crippen molar-refractivity contribution in [3.63, 3.8) is 0 Å². The molecule has 1 atom stereocenters. The molecule has 1 radical (unpaired) electrons. The maximum absolute atomic E-state index is 12.3. The Morgan fingerprint density at radius 1 is 1.12 bits per heavy atom. The number of carboxylic acids is 2. The van der Waals surface area contributed by atoms with Crippen LogP contribution in [0.2, 0.25) is 0 Å². The van der Waals surface area contributed by atoms with Gasteiger partial charge in [-0.25, -0.2) is 14.8 Å². The first-order valence-electron chi connectivity index (χ1n) is 9.33. The molecule has 0 saturated heterocycles. The molecule has 0 aliphatic heterocycles. The fourth-order valence-electron chi connectivity index (χ4n) is 2.75. The van der Waals surface area contributed by atoms with E-state index in [0.717, 1.165) is 0 Å². The number of nitrogens with two attached hydrogens (primary N) is 1. The number of anilines is 2. The summed E-state index contributed by atoms with van der Waals surface area (Å²) in [6.07, 6.45) is 0.840. The van der Waals surface area contributed by atoms with Gasteiger partial charge in [0.05, 0.1) is 18.4 Å². The van der Waals surface area contributed by atoms with Crippen molar-refractivity contribution < 1.29 is 47.0 Å². The molecule has 1 amide bonds. The number of aliphatic carboxylic acids is 2. The number of carbonyl (C=O) groups is 3. The van der Waals surface area contributed by atoms with Gasteiger partial charge in [-0.2, -0.15) is 4.98 Å². The molecule has 3 aromatic rings. The first kappa shape index (κ1) is 25.5. The zero-order valence-electron chi connectivity index (χ0n) is 16.8. The third-order valence-electron chi connectivity index (χ3n) is 4.36. The fraction of sp³-hybridized carbons (Fsp3) is 0.211. The van der Waals surface area contributed by atoms with Gasteiger partial charge in [0.2, 0.25) is 5.95 Å². The number of aromatic nitrogens is 4. The first-order chi connectivity index (χ1) is 15.2. The average Bonchev–Trinajstić information content (AvgIpc) is 2.75. The van der Waals surface area contributed by atoms with Crippen molar-refractivity contribution in [2.24, 2.45) is 0 Å². The van der Waals surface area contributed by atoms with Crippen molar-refractivity contribution in [1.82, 2.24) is 25.3 Å². The number of amides is 1. The summed E-state index contributed by atoms with van der Waals surface area (Å²) >= 11 is 0. The number of H-pyrrole nitrogens is 1. The van der Waals surface area contributed by atoms with Crippen molar-refractivity contribution in [3.05, 3.63) is 52.1 Å². The van der Waals surface area contributed by atoms with Crippen LogP contribution in [0.3, 0.4) is 0 Å². The van der Waals surface area contributed by atoms with Gasteiger partial charge >= 0.3 is 11.9 Å². The summed E-state index contributed by atoms with van der Waals surface area (Å²) < 4.78 is 0. The van der Waals surface area contributed by atoms with Crippen LogP contribution in [-0.4, -0.2) is 54.0 Å². The zero-order chi connectivity index (χ0) is 23.3. The summed E-state index contributed by atoms with van der Waals surface area (Å²) in [4.78, 5) is 60.6. The van der Waals surface area contributed by atoms with E-state index in [1.54, 1.807) is 12.1 Å². The molecular weight excluding hydrogens is 619 g/mol. The standard InChI is InChI=1S/C19H19N7O6.Au/c20-19-25-15-14(17(30)26-19)23-11(8-22-15)7-21-10-3-1-9(2-4-10)16(29)24-12(18(31)32)5-6-13(27)28;/h1-4,8,12,21H,5-7H2,(H,24,29)(H,27,28)(H,31,32)(H3,20,22,25,26,30);. The fourth-order valence-corrected chi connectivity index (χ4v) is 2.75. The quantitative estimate of drug-likeness (QED) is 0.171. The van der Waals surface area contributed by atoms with E-state index in [0.29, 0.717) is 11.4 Å². The maximum atomic E-state index is 12.3. The van der Waals surface area contributed by atoms with Gasteiger partial charge < -0.3 is 26.6 Å². The molecule has 0 aliphatic rings. The minimum atomic E-state index is -1.31. The van der Waals surface area contributed by atoms with Crippen molar-refractivity contribution in [2.45, 2.75) is 25.4 Å². The molecule has 0 bridgehead atoms. The number of benzene rings is 1. The Morgan fingerprint density at radius 2 is 1.82 bits per heavy atom. The summed E-state index contributed by atoms with van der Waals surface area (Å²) in [5, 5.41) is 23.2. The number of carbonyl (C=O) groups excluding carboxylic acids is 1. The summed E-state index contributed by atoms with van der Waals surface area (Å²) in [5.41, 5.74) is 6.47. The van der Waals surface area contributed by atoms with Gasteiger partial charge in [-0.3, -0.25) is 19.4 Å². The number of nitrogens with one attached hydrogen (secondary N) is 3. The van der Waals surface area contributed by atoms with E-state index in [9.17, 15) is 19.2 Å². The number of hydrogen-bond donors (Lipinski definition) is 6. The minimum absolute atomic E-state index is 0. The van der Waals surface area contributed by atoms with E-state index < -0.39 is 29.4 Å². The summed E-state index contributed by atoms with van der Waals surface area (Å²) in [6, 6.07) is 4.86. The molecule has 0 fully saturated rings. The van der Waals surface area contributed by atoms with Crippen LogP contribution in [0, 0.1) is 0 Å². The van der Waals surface area contributed by atoms with Gasteiger partial charge in [-0.1, -0.05) is 0 Å². The summed E-state index contributed by atoms with van der Waals surface area (Å²) in [6.45, 7) is 0.231. The first-order valence-corrected chi connectivity index (χ1v) is 9.33. The predicted molar refractivity (Wildman–Crippen MR) is 112 cm³/mol. The zero-order valence-corrected chi connectivity index (χ0v) is 19.0. The van der Waals surface area contributed by atoms with Gasteiger partial charge in [-0.05, 0) is 30.7 Å². The van der Waals surface area contributed by atoms with Crippen LogP contribution in [-0.2, 0) is 38.5 Å². The molecule has 3 rings (SSSR count). The van der Waals surface area contributed by atoms with E-state index in [4.69, 9.17) is 15.9 Å². The Kier molecular flexibility index (Phi) is 8.62. The third kappa shape index (κ3) is 6.83. The van der Waals surface area contributed by atoms with Crippen LogP contribution in [0.15, 0.2) is 35.3 Å². The number of nitrogen functional groups attached to an aromatic ring is 1. The maximum Gasteiger partial charge on any atom is 0.326 e. The van der Waals surface area contributed by atoms with Crippen molar-refractivity contribution in [3.8, 4) is 0 Å². The molecule has 177 valence electrons. The Bertz CT molecular complexity index is 1230. The molecule has 14 heteroatoms. The summed E-state index contributed by atoms with van der Waals surface area (Å²) in [5.74, 6) is -3.16. The SMILES string of the molecule is Nc1nc2ncc(CNc3ccc(C(=O)NC(CCC(=O)O)C(=O)O)cc3)nc2c(=O)[nH]1.[Au]. The third-order valence-corrected chi connectivity index (χ3v) is 4.36. The average molecular weight is 638 g/mol. The molecule has 7 N–H and O–H groups in total.